The van der Waals surface area contributed by atoms with Gasteiger partial charge in [0.05, 0.1) is 0 Å². The van der Waals surface area contributed by atoms with Gasteiger partial charge in [-0.3, -0.25) is 0 Å². The number of hydrogen-bond donors (Lipinski definition) is 2. The molecule has 0 amide bonds. The highest BCUT2D eigenvalue weighted by Gasteiger charge is 2.32. The first-order valence-electron chi connectivity index (χ1n) is 5.78. The first-order valence-corrected chi connectivity index (χ1v) is 5.78. The van der Waals surface area contributed by atoms with E-state index in [1.54, 1.807) is 0 Å². The topological polar surface area (TPSA) is 24.1 Å². The predicted molar refractivity (Wildman–Crippen MR) is 71.4 cm³/mol. The zero-order valence-electron chi connectivity index (χ0n) is 9.83. The molecule has 1 saturated heterocycles. The van der Waals surface area contributed by atoms with Crippen LogP contribution in [0.1, 0.15) is 18.4 Å². The molecule has 1 fully saturated rings. The molecule has 16 heavy (non-hydrogen) atoms. The minimum atomic E-state index is 0. The maximum Gasteiger partial charge on any atom is 0.0102 e. The molecule has 0 aromatic heterocycles. The largest absolute Gasteiger partial charge is 0.319 e. The molecule has 0 bridgehead atoms. The maximum absolute atomic E-state index is 3.44. The van der Waals surface area contributed by atoms with Crippen LogP contribution in [-0.4, -0.2) is 26.7 Å². The van der Waals surface area contributed by atoms with E-state index in [1.807, 2.05) is 7.05 Å². The van der Waals surface area contributed by atoms with Gasteiger partial charge in [0.2, 0.25) is 0 Å². The van der Waals surface area contributed by atoms with Crippen LogP contribution in [0.25, 0.3) is 0 Å². The summed E-state index contributed by atoms with van der Waals surface area (Å²) in [6, 6.07) is 10.9. The van der Waals surface area contributed by atoms with Crippen molar-refractivity contribution in [2.75, 3.05) is 26.7 Å². The highest BCUT2D eigenvalue weighted by Crippen LogP contribution is 2.32. The summed E-state index contributed by atoms with van der Waals surface area (Å²) >= 11 is 0. The Morgan fingerprint density at radius 1 is 1.19 bits per heavy atom. The van der Waals surface area contributed by atoms with E-state index in [-0.39, 0.29) is 12.4 Å². The number of halogens is 1. The second-order valence-electron chi connectivity index (χ2n) is 4.43. The van der Waals surface area contributed by atoms with Crippen LogP contribution in [0.4, 0.5) is 0 Å². The molecule has 2 nitrogen and oxygen atoms in total. The average molecular weight is 241 g/mol. The Hall–Kier alpha value is -0.570. The number of piperidine rings is 1. The minimum absolute atomic E-state index is 0. The third kappa shape index (κ3) is 2.76. The molecule has 0 radical (unpaired) electrons. The molecule has 1 aliphatic rings. The number of benzene rings is 1. The summed E-state index contributed by atoms with van der Waals surface area (Å²) in [5.41, 5.74) is 1.84. The van der Waals surface area contributed by atoms with Crippen molar-refractivity contribution in [3.05, 3.63) is 35.9 Å². The van der Waals surface area contributed by atoms with Crippen molar-refractivity contribution >= 4 is 12.4 Å². The van der Waals surface area contributed by atoms with Crippen molar-refractivity contribution in [3.8, 4) is 0 Å². The molecule has 0 unspecified atom stereocenters. The van der Waals surface area contributed by atoms with Gasteiger partial charge in [-0.05, 0) is 38.5 Å². The fraction of sp³-hybridized carbons (Fsp3) is 0.538. The van der Waals surface area contributed by atoms with Crippen molar-refractivity contribution in [1.29, 1.82) is 0 Å². The molecular formula is C13H21ClN2. The Balaban J connectivity index is 0.00000128. The molecule has 90 valence electrons. The molecule has 3 heteroatoms. The van der Waals surface area contributed by atoms with Gasteiger partial charge < -0.3 is 10.6 Å². The van der Waals surface area contributed by atoms with Gasteiger partial charge in [0, 0.05) is 12.0 Å². The van der Waals surface area contributed by atoms with E-state index < -0.39 is 0 Å². The maximum atomic E-state index is 3.44. The third-order valence-corrected chi connectivity index (χ3v) is 3.46. The summed E-state index contributed by atoms with van der Waals surface area (Å²) in [7, 11) is 2.05. The summed E-state index contributed by atoms with van der Waals surface area (Å²) in [6.45, 7) is 3.35. The lowest BCUT2D eigenvalue weighted by Crippen LogP contribution is -2.45. The van der Waals surface area contributed by atoms with Crippen LogP contribution in [0.5, 0.6) is 0 Å². The van der Waals surface area contributed by atoms with Crippen molar-refractivity contribution < 1.29 is 0 Å². The Morgan fingerprint density at radius 3 is 2.38 bits per heavy atom. The van der Waals surface area contributed by atoms with E-state index in [9.17, 15) is 0 Å². The lowest BCUT2D eigenvalue weighted by atomic mass is 9.73. The Labute approximate surface area is 104 Å². The van der Waals surface area contributed by atoms with Crippen LogP contribution in [0.15, 0.2) is 30.3 Å². The minimum Gasteiger partial charge on any atom is -0.319 e. The summed E-state index contributed by atoms with van der Waals surface area (Å²) in [4.78, 5) is 0. The monoisotopic (exact) mass is 240 g/mol. The number of nitrogens with one attached hydrogen (secondary N) is 2. The van der Waals surface area contributed by atoms with Crippen LogP contribution in [0, 0.1) is 0 Å². The SMILES string of the molecule is CNCC1(c2ccccc2)CCNCC1.Cl. The van der Waals surface area contributed by atoms with Crippen LogP contribution in [-0.2, 0) is 5.41 Å². The Bertz CT molecular complexity index is 289. The normalized spacial score (nSPS) is 18.8. The summed E-state index contributed by atoms with van der Waals surface area (Å²) < 4.78 is 0. The van der Waals surface area contributed by atoms with Gasteiger partial charge in [0.1, 0.15) is 0 Å². The first-order chi connectivity index (χ1) is 7.37. The molecule has 0 atom stereocenters. The van der Waals surface area contributed by atoms with E-state index >= 15 is 0 Å². The molecular weight excluding hydrogens is 220 g/mol. The summed E-state index contributed by atoms with van der Waals surface area (Å²) in [6.07, 6.45) is 2.47. The standard InChI is InChI=1S/C13H20N2.ClH/c1-14-11-13(7-9-15-10-8-13)12-5-3-2-4-6-12;/h2-6,14-15H,7-11H2,1H3;1H. The van der Waals surface area contributed by atoms with Gasteiger partial charge in [-0.1, -0.05) is 30.3 Å². The van der Waals surface area contributed by atoms with Gasteiger partial charge in [0.15, 0.2) is 0 Å². The summed E-state index contributed by atoms with van der Waals surface area (Å²) in [5, 5.41) is 6.79. The Kier molecular flexibility index (Phi) is 5.26. The smallest absolute Gasteiger partial charge is 0.0102 e. The fourth-order valence-corrected chi connectivity index (χ4v) is 2.60. The third-order valence-electron chi connectivity index (χ3n) is 3.46. The van der Waals surface area contributed by atoms with E-state index in [2.05, 4.69) is 41.0 Å². The molecule has 1 aromatic carbocycles. The number of rotatable bonds is 3. The lowest BCUT2D eigenvalue weighted by Gasteiger charge is -2.38. The molecule has 0 saturated carbocycles. The van der Waals surface area contributed by atoms with Crippen LogP contribution in [0.2, 0.25) is 0 Å². The van der Waals surface area contributed by atoms with Crippen molar-refractivity contribution in [2.45, 2.75) is 18.3 Å². The van der Waals surface area contributed by atoms with Gasteiger partial charge in [-0.15, -0.1) is 12.4 Å². The summed E-state index contributed by atoms with van der Waals surface area (Å²) in [5.74, 6) is 0. The molecule has 2 rings (SSSR count). The van der Waals surface area contributed by atoms with Gasteiger partial charge in [-0.25, -0.2) is 0 Å². The predicted octanol–water partition coefficient (Wildman–Crippen LogP) is 1.95. The van der Waals surface area contributed by atoms with Gasteiger partial charge >= 0.3 is 0 Å². The average Bonchev–Trinajstić information content (AvgIpc) is 2.32. The van der Waals surface area contributed by atoms with E-state index in [0.717, 1.165) is 19.6 Å². The highest BCUT2D eigenvalue weighted by molar-refractivity contribution is 5.85. The second kappa shape index (κ2) is 6.24. The van der Waals surface area contributed by atoms with Crippen molar-refractivity contribution in [3.63, 3.8) is 0 Å². The highest BCUT2D eigenvalue weighted by atomic mass is 35.5. The van der Waals surface area contributed by atoms with Gasteiger partial charge in [0.25, 0.3) is 0 Å². The number of likely N-dealkylation sites (N-methyl/N-ethyl adjacent to an activating group) is 1. The Morgan fingerprint density at radius 2 is 1.81 bits per heavy atom. The molecule has 1 heterocycles. The lowest BCUT2D eigenvalue weighted by molar-refractivity contribution is 0.300. The van der Waals surface area contributed by atoms with Crippen LogP contribution >= 0.6 is 12.4 Å². The number of hydrogen-bond acceptors (Lipinski definition) is 2. The van der Waals surface area contributed by atoms with E-state index in [0.29, 0.717) is 5.41 Å². The molecule has 2 N–H and O–H groups in total. The fourth-order valence-electron chi connectivity index (χ4n) is 2.60. The molecule has 1 aromatic rings. The van der Waals surface area contributed by atoms with Gasteiger partial charge in [-0.2, -0.15) is 0 Å². The first kappa shape index (κ1) is 13.5. The quantitative estimate of drug-likeness (QED) is 0.844. The molecule has 0 spiro atoms. The second-order valence-corrected chi connectivity index (χ2v) is 4.43. The van der Waals surface area contributed by atoms with Crippen molar-refractivity contribution in [2.24, 2.45) is 0 Å². The van der Waals surface area contributed by atoms with Crippen LogP contribution < -0.4 is 10.6 Å². The molecule has 0 aliphatic carbocycles. The van der Waals surface area contributed by atoms with Crippen molar-refractivity contribution in [1.82, 2.24) is 10.6 Å². The zero-order valence-corrected chi connectivity index (χ0v) is 10.6. The van der Waals surface area contributed by atoms with E-state index in [4.69, 9.17) is 0 Å². The molecule has 1 aliphatic heterocycles. The van der Waals surface area contributed by atoms with E-state index in [1.165, 1.54) is 18.4 Å². The zero-order chi connectivity index (χ0) is 10.6. The van der Waals surface area contributed by atoms with Crippen LogP contribution in [0.3, 0.4) is 0 Å².